The van der Waals surface area contributed by atoms with E-state index in [1.807, 2.05) is 0 Å². The molecular weight excluding hydrogens is 155 g/mol. The van der Waals surface area contributed by atoms with Crippen molar-refractivity contribution < 1.29 is 8.81 Å². The van der Waals surface area contributed by atoms with Gasteiger partial charge in [-0.05, 0) is 6.07 Å². The van der Waals surface area contributed by atoms with Gasteiger partial charge in [-0.25, -0.2) is 4.39 Å². The highest BCUT2D eigenvalue weighted by Gasteiger charge is 2.06. The average Bonchev–Trinajstić information content (AvgIpc) is 2.53. The normalized spacial score (nSPS) is 10.4. The first-order valence-electron chi connectivity index (χ1n) is 3.61. The molecule has 0 radical (unpaired) electrons. The van der Waals surface area contributed by atoms with Crippen molar-refractivity contribution in [2.24, 2.45) is 0 Å². The van der Waals surface area contributed by atoms with E-state index >= 15 is 0 Å². The van der Waals surface area contributed by atoms with Crippen molar-refractivity contribution in [3.8, 4) is 0 Å². The fourth-order valence-corrected chi connectivity index (χ4v) is 1.17. The number of hydrogen-bond acceptors (Lipinski definition) is 1. The molecule has 2 rings (SSSR count). The van der Waals surface area contributed by atoms with Crippen LogP contribution in [0, 0.1) is 5.82 Å². The minimum atomic E-state index is -0.340. The Morgan fingerprint density at radius 1 is 1.33 bits per heavy atom. The van der Waals surface area contributed by atoms with Crippen LogP contribution in [-0.4, -0.2) is 0 Å². The molecule has 1 heterocycles. The van der Waals surface area contributed by atoms with E-state index in [0.29, 0.717) is 11.1 Å². The molecule has 0 amide bonds. The molecular formula is C10H7FO. The number of rotatable bonds is 1. The van der Waals surface area contributed by atoms with E-state index in [1.54, 1.807) is 18.2 Å². The smallest absolute Gasteiger partial charge is 0.173 e. The minimum absolute atomic E-state index is 0.299. The van der Waals surface area contributed by atoms with Crippen molar-refractivity contribution >= 4 is 17.0 Å². The number of hydrogen-bond donors (Lipinski definition) is 0. The molecule has 2 heteroatoms. The maximum absolute atomic E-state index is 13.3. The highest BCUT2D eigenvalue weighted by molar-refractivity contribution is 5.80. The summed E-state index contributed by atoms with van der Waals surface area (Å²) in [6, 6.07) is 5.21. The number of furan rings is 1. The Bertz CT molecular complexity index is 428. The second-order valence-corrected chi connectivity index (χ2v) is 2.51. The fraction of sp³-hybridized carbons (Fsp3) is 0. The van der Waals surface area contributed by atoms with Crippen LogP contribution in [0.1, 0.15) is 5.56 Å². The lowest BCUT2D eigenvalue weighted by atomic mass is 10.1. The first-order chi connectivity index (χ1) is 5.83. The van der Waals surface area contributed by atoms with Gasteiger partial charge in [-0.3, -0.25) is 0 Å². The van der Waals surface area contributed by atoms with Gasteiger partial charge in [0, 0.05) is 10.9 Å². The largest absolute Gasteiger partial charge is 0.461 e. The molecule has 12 heavy (non-hydrogen) atoms. The number of halogens is 1. The molecule has 0 N–H and O–H groups in total. The first-order valence-corrected chi connectivity index (χ1v) is 3.61. The van der Waals surface area contributed by atoms with Crippen LogP contribution in [0.3, 0.4) is 0 Å². The molecule has 0 saturated heterocycles. The van der Waals surface area contributed by atoms with Gasteiger partial charge in [0.05, 0.1) is 6.26 Å². The third-order valence-electron chi connectivity index (χ3n) is 1.81. The standard InChI is InChI=1S/C10H7FO/c1-2-7-3-4-8-5-6-12-10(8)9(7)11/h2-6H,1H2. The zero-order valence-electron chi connectivity index (χ0n) is 6.38. The van der Waals surface area contributed by atoms with E-state index in [1.165, 1.54) is 12.3 Å². The summed E-state index contributed by atoms with van der Waals surface area (Å²) in [7, 11) is 0. The number of benzene rings is 1. The van der Waals surface area contributed by atoms with E-state index in [9.17, 15) is 4.39 Å². The molecule has 0 unspecified atom stereocenters. The summed E-state index contributed by atoms with van der Waals surface area (Å²) in [6.07, 6.45) is 2.94. The molecule has 1 aromatic heterocycles. The quantitative estimate of drug-likeness (QED) is 0.627. The molecule has 0 aliphatic rings. The van der Waals surface area contributed by atoms with Crippen molar-refractivity contribution in [3.63, 3.8) is 0 Å². The highest BCUT2D eigenvalue weighted by atomic mass is 19.1. The van der Waals surface area contributed by atoms with Gasteiger partial charge in [-0.1, -0.05) is 24.8 Å². The Morgan fingerprint density at radius 3 is 2.92 bits per heavy atom. The molecule has 2 aromatic rings. The summed E-state index contributed by atoms with van der Waals surface area (Å²) in [5.41, 5.74) is 0.768. The maximum Gasteiger partial charge on any atom is 0.173 e. The summed E-state index contributed by atoms with van der Waals surface area (Å²) in [6.45, 7) is 3.50. The van der Waals surface area contributed by atoms with E-state index in [4.69, 9.17) is 4.42 Å². The zero-order valence-corrected chi connectivity index (χ0v) is 6.38. The van der Waals surface area contributed by atoms with Crippen molar-refractivity contribution in [2.45, 2.75) is 0 Å². The van der Waals surface area contributed by atoms with Crippen LogP contribution in [0.4, 0.5) is 4.39 Å². The van der Waals surface area contributed by atoms with Gasteiger partial charge < -0.3 is 4.42 Å². The van der Waals surface area contributed by atoms with Crippen molar-refractivity contribution in [1.82, 2.24) is 0 Å². The lowest BCUT2D eigenvalue weighted by Crippen LogP contribution is -1.80. The minimum Gasteiger partial charge on any atom is -0.461 e. The molecule has 0 atom stereocenters. The summed E-state index contributed by atoms with van der Waals surface area (Å²) >= 11 is 0. The molecule has 1 nitrogen and oxygen atoms in total. The van der Waals surface area contributed by atoms with Crippen LogP contribution in [0.2, 0.25) is 0 Å². The Morgan fingerprint density at radius 2 is 2.17 bits per heavy atom. The molecule has 0 bridgehead atoms. The molecule has 60 valence electrons. The molecule has 0 aliphatic carbocycles. The topological polar surface area (TPSA) is 13.1 Å². The Labute approximate surface area is 69.1 Å². The first kappa shape index (κ1) is 7.10. The monoisotopic (exact) mass is 162 g/mol. The molecule has 0 aliphatic heterocycles. The van der Waals surface area contributed by atoms with Gasteiger partial charge in [0.1, 0.15) is 0 Å². The summed E-state index contributed by atoms with van der Waals surface area (Å²) in [5, 5.41) is 0.776. The van der Waals surface area contributed by atoms with E-state index in [0.717, 1.165) is 5.39 Å². The predicted molar refractivity (Wildman–Crippen MR) is 46.3 cm³/mol. The lowest BCUT2D eigenvalue weighted by Gasteiger charge is -1.95. The van der Waals surface area contributed by atoms with Crippen LogP contribution in [0.15, 0.2) is 35.5 Å². The van der Waals surface area contributed by atoms with Gasteiger partial charge in [-0.15, -0.1) is 0 Å². The van der Waals surface area contributed by atoms with Gasteiger partial charge in [0.15, 0.2) is 11.4 Å². The second-order valence-electron chi connectivity index (χ2n) is 2.51. The van der Waals surface area contributed by atoms with Crippen molar-refractivity contribution in [1.29, 1.82) is 0 Å². The third-order valence-corrected chi connectivity index (χ3v) is 1.81. The third kappa shape index (κ3) is 0.848. The number of fused-ring (bicyclic) bond motifs is 1. The van der Waals surface area contributed by atoms with Crippen molar-refractivity contribution in [3.05, 3.63) is 42.4 Å². The van der Waals surface area contributed by atoms with Crippen LogP contribution < -0.4 is 0 Å². The highest BCUT2D eigenvalue weighted by Crippen LogP contribution is 2.22. The maximum atomic E-state index is 13.3. The Hall–Kier alpha value is -1.57. The predicted octanol–water partition coefficient (Wildman–Crippen LogP) is 3.21. The lowest BCUT2D eigenvalue weighted by molar-refractivity contribution is 0.559. The summed E-state index contributed by atoms with van der Waals surface area (Å²) in [4.78, 5) is 0. The van der Waals surface area contributed by atoms with Gasteiger partial charge in [0.2, 0.25) is 0 Å². The Balaban J connectivity index is 2.86. The molecule has 1 aromatic carbocycles. The van der Waals surface area contributed by atoms with Crippen molar-refractivity contribution in [2.75, 3.05) is 0 Å². The zero-order chi connectivity index (χ0) is 8.55. The molecule has 0 spiro atoms. The van der Waals surface area contributed by atoms with E-state index < -0.39 is 0 Å². The Kier molecular flexibility index (Phi) is 1.47. The average molecular weight is 162 g/mol. The van der Waals surface area contributed by atoms with Crippen LogP contribution in [0.5, 0.6) is 0 Å². The van der Waals surface area contributed by atoms with Gasteiger partial charge in [-0.2, -0.15) is 0 Å². The fourth-order valence-electron chi connectivity index (χ4n) is 1.17. The van der Waals surface area contributed by atoms with E-state index in [-0.39, 0.29) is 5.82 Å². The van der Waals surface area contributed by atoms with Gasteiger partial charge in [0.25, 0.3) is 0 Å². The van der Waals surface area contributed by atoms with E-state index in [2.05, 4.69) is 6.58 Å². The SMILES string of the molecule is C=Cc1ccc2ccoc2c1F. The summed E-state index contributed by atoms with van der Waals surface area (Å²) in [5.74, 6) is -0.340. The molecule has 0 saturated carbocycles. The van der Waals surface area contributed by atoms with Gasteiger partial charge >= 0.3 is 0 Å². The van der Waals surface area contributed by atoms with Crippen LogP contribution in [0.25, 0.3) is 17.0 Å². The second kappa shape index (κ2) is 2.48. The van der Waals surface area contributed by atoms with Crippen LogP contribution >= 0.6 is 0 Å². The summed E-state index contributed by atoms with van der Waals surface area (Å²) < 4.78 is 18.3. The molecule has 0 fully saturated rings. The van der Waals surface area contributed by atoms with Crippen LogP contribution in [-0.2, 0) is 0 Å².